The van der Waals surface area contributed by atoms with Crippen molar-refractivity contribution in [3.05, 3.63) is 70.5 Å². The number of benzene rings is 2. The highest BCUT2D eigenvalue weighted by Gasteiger charge is 2.30. The summed E-state index contributed by atoms with van der Waals surface area (Å²) in [4.78, 5) is 0. The smallest absolute Gasteiger partial charge is 0.123 e. The van der Waals surface area contributed by atoms with E-state index in [1.54, 1.807) is 0 Å². The second-order valence-corrected chi connectivity index (χ2v) is 4.99. The number of hydrogen-bond acceptors (Lipinski definition) is 1. The fourth-order valence-electron chi connectivity index (χ4n) is 2.79. The molecule has 0 spiro atoms. The molecule has 1 N–H and O–H groups in total. The van der Waals surface area contributed by atoms with Gasteiger partial charge in [-0.2, -0.15) is 0 Å². The lowest BCUT2D eigenvalue weighted by molar-refractivity contribution is 0.176. The normalized spacial score (nSPS) is 21.9. The van der Waals surface area contributed by atoms with Crippen LogP contribution in [0.15, 0.2) is 42.5 Å². The molecule has 18 heavy (non-hydrogen) atoms. The molecule has 1 aliphatic rings. The van der Waals surface area contributed by atoms with Gasteiger partial charge < -0.3 is 5.11 Å². The van der Waals surface area contributed by atoms with E-state index in [1.165, 1.54) is 23.3 Å². The minimum Gasteiger partial charge on any atom is -0.388 e. The summed E-state index contributed by atoms with van der Waals surface area (Å²) < 4.78 is 13.0. The van der Waals surface area contributed by atoms with Gasteiger partial charge in [-0.25, -0.2) is 4.39 Å². The van der Waals surface area contributed by atoms with Crippen molar-refractivity contribution in [2.24, 2.45) is 0 Å². The molecule has 0 radical (unpaired) electrons. The molecular weight excluding hydrogens is 227 g/mol. The summed E-state index contributed by atoms with van der Waals surface area (Å²) in [5, 5.41) is 10.1. The first-order valence-electron chi connectivity index (χ1n) is 6.19. The first kappa shape index (κ1) is 11.4. The summed E-state index contributed by atoms with van der Waals surface area (Å²) in [5.74, 6) is -0.0442. The lowest BCUT2D eigenvalue weighted by Crippen LogP contribution is -1.97. The van der Waals surface area contributed by atoms with Crippen LogP contribution < -0.4 is 0 Å². The monoisotopic (exact) mass is 242 g/mol. The van der Waals surface area contributed by atoms with Crippen LogP contribution in [0.2, 0.25) is 0 Å². The Morgan fingerprint density at radius 2 is 1.78 bits per heavy atom. The molecule has 2 aromatic carbocycles. The molecule has 0 saturated carbocycles. The van der Waals surface area contributed by atoms with Gasteiger partial charge in [-0.15, -0.1) is 0 Å². The van der Waals surface area contributed by atoms with Crippen LogP contribution in [-0.4, -0.2) is 5.11 Å². The zero-order valence-corrected chi connectivity index (χ0v) is 10.2. The van der Waals surface area contributed by atoms with Gasteiger partial charge in [-0.1, -0.05) is 35.9 Å². The average Bonchev–Trinajstić information content (AvgIpc) is 2.67. The third-order valence-electron chi connectivity index (χ3n) is 3.71. The second kappa shape index (κ2) is 4.21. The summed E-state index contributed by atoms with van der Waals surface area (Å²) in [6, 6.07) is 12.7. The number of hydrogen-bond donors (Lipinski definition) is 1. The van der Waals surface area contributed by atoms with E-state index in [9.17, 15) is 9.50 Å². The lowest BCUT2D eigenvalue weighted by Gasteiger charge is -2.12. The Bertz CT molecular complexity index is 574. The molecule has 0 heterocycles. The van der Waals surface area contributed by atoms with Crippen LogP contribution in [0.5, 0.6) is 0 Å². The molecule has 0 amide bonds. The Labute approximate surface area is 106 Å². The average molecular weight is 242 g/mol. The summed E-state index contributed by atoms with van der Waals surface area (Å²) >= 11 is 0. The van der Waals surface area contributed by atoms with E-state index < -0.39 is 6.10 Å². The summed E-state index contributed by atoms with van der Waals surface area (Å²) in [6.07, 6.45) is 0.278. The highest BCUT2D eigenvalue weighted by molar-refractivity contribution is 5.45. The predicted molar refractivity (Wildman–Crippen MR) is 69.0 cm³/mol. The van der Waals surface area contributed by atoms with Crippen molar-refractivity contribution < 1.29 is 9.50 Å². The van der Waals surface area contributed by atoms with E-state index in [0.29, 0.717) is 6.42 Å². The van der Waals surface area contributed by atoms with E-state index in [1.807, 2.05) is 31.2 Å². The summed E-state index contributed by atoms with van der Waals surface area (Å²) in [5.41, 5.74) is 4.44. The maximum absolute atomic E-state index is 13.0. The number of aryl methyl sites for hydroxylation is 1. The highest BCUT2D eigenvalue weighted by Crippen LogP contribution is 2.44. The molecule has 1 nitrogen and oxygen atoms in total. The first-order valence-corrected chi connectivity index (χ1v) is 6.19. The molecule has 0 aliphatic heterocycles. The van der Waals surface area contributed by atoms with Crippen molar-refractivity contribution in [2.45, 2.75) is 25.4 Å². The van der Waals surface area contributed by atoms with Gasteiger partial charge in [-0.3, -0.25) is 0 Å². The fourth-order valence-corrected chi connectivity index (χ4v) is 2.79. The van der Waals surface area contributed by atoms with Gasteiger partial charge >= 0.3 is 0 Å². The highest BCUT2D eigenvalue weighted by atomic mass is 19.1. The molecular formula is C16H15FO. The van der Waals surface area contributed by atoms with Crippen LogP contribution in [0.3, 0.4) is 0 Å². The van der Waals surface area contributed by atoms with Crippen molar-refractivity contribution in [1.29, 1.82) is 0 Å². The zero-order chi connectivity index (χ0) is 12.7. The Morgan fingerprint density at radius 3 is 2.50 bits per heavy atom. The fraction of sp³-hybridized carbons (Fsp3) is 0.250. The van der Waals surface area contributed by atoms with Crippen LogP contribution in [0.4, 0.5) is 4.39 Å². The quantitative estimate of drug-likeness (QED) is 0.808. The topological polar surface area (TPSA) is 20.2 Å². The molecule has 1 aliphatic carbocycles. The van der Waals surface area contributed by atoms with Gasteiger partial charge in [0.2, 0.25) is 0 Å². The molecule has 0 fully saturated rings. The van der Waals surface area contributed by atoms with Crippen molar-refractivity contribution >= 4 is 0 Å². The second-order valence-electron chi connectivity index (χ2n) is 4.99. The predicted octanol–water partition coefficient (Wildman–Crippen LogP) is 3.70. The van der Waals surface area contributed by atoms with E-state index >= 15 is 0 Å². The van der Waals surface area contributed by atoms with Gasteiger partial charge in [0, 0.05) is 5.92 Å². The molecule has 0 bridgehead atoms. The Morgan fingerprint density at radius 1 is 1.06 bits per heavy atom. The van der Waals surface area contributed by atoms with Crippen LogP contribution in [0.25, 0.3) is 0 Å². The third kappa shape index (κ3) is 1.83. The van der Waals surface area contributed by atoms with Gasteiger partial charge in [0.15, 0.2) is 0 Å². The zero-order valence-electron chi connectivity index (χ0n) is 10.2. The third-order valence-corrected chi connectivity index (χ3v) is 3.71. The van der Waals surface area contributed by atoms with E-state index in [0.717, 1.165) is 11.1 Å². The van der Waals surface area contributed by atoms with Crippen molar-refractivity contribution in [2.75, 3.05) is 0 Å². The molecule has 2 atom stereocenters. The van der Waals surface area contributed by atoms with Crippen LogP contribution in [0, 0.1) is 12.7 Å². The van der Waals surface area contributed by atoms with Crippen LogP contribution in [-0.2, 0) is 0 Å². The molecule has 2 heteroatoms. The van der Waals surface area contributed by atoms with Crippen molar-refractivity contribution in [3.8, 4) is 0 Å². The van der Waals surface area contributed by atoms with E-state index in [2.05, 4.69) is 6.07 Å². The van der Waals surface area contributed by atoms with Crippen LogP contribution in [0.1, 0.15) is 40.7 Å². The minimum atomic E-state index is -0.407. The van der Waals surface area contributed by atoms with Crippen molar-refractivity contribution in [3.63, 3.8) is 0 Å². The van der Waals surface area contributed by atoms with Crippen LogP contribution >= 0.6 is 0 Å². The first-order chi connectivity index (χ1) is 8.65. The molecule has 3 rings (SSSR count). The standard InChI is InChI=1S/C16H15FO/c1-10-2-7-13-15(8-10)14(9-16(13)18)11-3-5-12(17)6-4-11/h2-8,14,16,18H,9H2,1H3. The minimum absolute atomic E-state index is 0.176. The van der Waals surface area contributed by atoms with Gasteiger partial charge in [0.25, 0.3) is 0 Å². The molecule has 2 unspecified atom stereocenters. The maximum Gasteiger partial charge on any atom is 0.123 e. The maximum atomic E-state index is 13.0. The van der Waals surface area contributed by atoms with Gasteiger partial charge in [0.05, 0.1) is 6.10 Å². The molecule has 0 saturated heterocycles. The number of aliphatic hydroxyl groups is 1. The van der Waals surface area contributed by atoms with Gasteiger partial charge in [0.1, 0.15) is 5.82 Å². The Kier molecular flexibility index (Phi) is 2.67. The largest absolute Gasteiger partial charge is 0.388 e. The van der Waals surface area contributed by atoms with E-state index in [-0.39, 0.29) is 11.7 Å². The molecule has 2 aromatic rings. The number of aliphatic hydroxyl groups excluding tert-OH is 1. The van der Waals surface area contributed by atoms with Crippen molar-refractivity contribution in [1.82, 2.24) is 0 Å². The molecule has 92 valence electrons. The number of rotatable bonds is 1. The number of fused-ring (bicyclic) bond motifs is 1. The summed E-state index contributed by atoms with van der Waals surface area (Å²) in [6.45, 7) is 2.05. The Balaban J connectivity index is 2.06. The van der Waals surface area contributed by atoms with Gasteiger partial charge in [-0.05, 0) is 42.2 Å². The van der Waals surface area contributed by atoms with E-state index in [4.69, 9.17) is 0 Å². The summed E-state index contributed by atoms with van der Waals surface area (Å²) in [7, 11) is 0. The Hall–Kier alpha value is -1.67. The number of halogens is 1. The lowest BCUT2D eigenvalue weighted by atomic mass is 9.92. The SMILES string of the molecule is Cc1ccc2c(c1)C(c1ccc(F)cc1)CC2O. The molecule has 0 aromatic heterocycles.